The van der Waals surface area contributed by atoms with E-state index in [1.807, 2.05) is 35.2 Å². The van der Waals surface area contributed by atoms with Crippen molar-refractivity contribution in [2.75, 3.05) is 39.4 Å². The molecule has 0 atom stereocenters. The van der Waals surface area contributed by atoms with Crippen molar-refractivity contribution >= 4 is 28.5 Å². The van der Waals surface area contributed by atoms with Crippen LogP contribution < -0.4 is 9.47 Å². The van der Waals surface area contributed by atoms with E-state index in [2.05, 4.69) is 39.6 Å². The van der Waals surface area contributed by atoms with E-state index in [0.717, 1.165) is 53.4 Å². The van der Waals surface area contributed by atoms with Gasteiger partial charge in [-0.1, -0.05) is 18.2 Å². The molecule has 0 saturated carbocycles. The highest BCUT2D eigenvalue weighted by atomic mass is 127. The number of piperazine rings is 1. The van der Waals surface area contributed by atoms with E-state index < -0.39 is 0 Å². The van der Waals surface area contributed by atoms with Gasteiger partial charge < -0.3 is 14.4 Å². The zero-order chi connectivity index (χ0) is 17.9. The predicted molar refractivity (Wildman–Crippen MR) is 108 cm³/mol. The fourth-order valence-electron chi connectivity index (χ4n) is 3.36. The maximum Gasteiger partial charge on any atom is 0.255 e. The van der Waals surface area contributed by atoms with E-state index in [0.29, 0.717) is 13.2 Å². The summed E-state index contributed by atoms with van der Waals surface area (Å²) in [5.41, 5.74) is 2.01. The second-order valence-corrected chi connectivity index (χ2v) is 7.69. The number of nitrogens with zero attached hydrogens (tertiary/aromatic N) is 2. The molecule has 0 bridgehead atoms. The monoisotopic (exact) mass is 464 g/mol. The van der Waals surface area contributed by atoms with Gasteiger partial charge in [-0.25, -0.2) is 0 Å². The summed E-state index contributed by atoms with van der Waals surface area (Å²) in [4.78, 5) is 17.1. The average Bonchev–Trinajstić information content (AvgIpc) is 2.68. The molecule has 2 aromatic rings. The van der Waals surface area contributed by atoms with Crippen molar-refractivity contribution in [1.29, 1.82) is 0 Å². The fraction of sp³-hybridized carbons (Fsp3) is 0.350. The van der Waals surface area contributed by atoms with Crippen LogP contribution >= 0.6 is 22.6 Å². The number of benzene rings is 2. The maximum absolute atomic E-state index is 12.7. The zero-order valence-corrected chi connectivity index (χ0v) is 16.6. The summed E-state index contributed by atoms with van der Waals surface area (Å²) in [5, 5.41) is 0. The molecule has 0 unspecified atom stereocenters. The van der Waals surface area contributed by atoms with Crippen molar-refractivity contribution in [3.8, 4) is 11.5 Å². The van der Waals surface area contributed by atoms with Crippen LogP contribution in [-0.4, -0.2) is 55.1 Å². The number of carbonyl (C=O) groups is 1. The molecule has 0 radical (unpaired) electrons. The van der Waals surface area contributed by atoms with Crippen LogP contribution in [0, 0.1) is 3.57 Å². The van der Waals surface area contributed by atoms with Gasteiger partial charge in [0.1, 0.15) is 13.2 Å². The summed E-state index contributed by atoms with van der Waals surface area (Å²) in [6.45, 7) is 5.36. The van der Waals surface area contributed by atoms with Crippen LogP contribution in [0.4, 0.5) is 0 Å². The first-order valence-electron chi connectivity index (χ1n) is 8.85. The quantitative estimate of drug-likeness (QED) is 0.656. The SMILES string of the molecule is O=C(c1ccccc1I)N1CCN(Cc2ccc3c(c2)OCCO3)CC1. The Kier molecular flexibility index (Phi) is 5.31. The summed E-state index contributed by atoms with van der Waals surface area (Å²) >= 11 is 2.23. The first-order valence-corrected chi connectivity index (χ1v) is 9.93. The minimum atomic E-state index is 0.133. The largest absolute Gasteiger partial charge is 0.486 e. The van der Waals surface area contributed by atoms with Crippen LogP contribution in [0.5, 0.6) is 11.5 Å². The molecule has 0 N–H and O–H groups in total. The van der Waals surface area contributed by atoms with Gasteiger partial charge >= 0.3 is 0 Å². The molecule has 5 nitrogen and oxygen atoms in total. The first-order chi connectivity index (χ1) is 12.7. The summed E-state index contributed by atoms with van der Waals surface area (Å²) in [6.07, 6.45) is 0. The Morgan fingerprint density at radius 1 is 0.962 bits per heavy atom. The molecule has 0 spiro atoms. The lowest BCUT2D eigenvalue weighted by molar-refractivity contribution is 0.0627. The van der Waals surface area contributed by atoms with Crippen LogP contribution in [0.2, 0.25) is 0 Å². The predicted octanol–water partition coefficient (Wildman–Crippen LogP) is 3.02. The second kappa shape index (κ2) is 7.84. The number of carbonyl (C=O) groups excluding carboxylic acids is 1. The number of ether oxygens (including phenoxy) is 2. The lowest BCUT2D eigenvalue weighted by Crippen LogP contribution is -2.48. The number of halogens is 1. The van der Waals surface area contributed by atoms with Crippen LogP contribution in [-0.2, 0) is 6.54 Å². The van der Waals surface area contributed by atoms with Crippen LogP contribution in [0.3, 0.4) is 0 Å². The van der Waals surface area contributed by atoms with Crippen LogP contribution in [0.25, 0.3) is 0 Å². The molecule has 4 rings (SSSR count). The van der Waals surface area contributed by atoms with Gasteiger partial charge in [0.25, 0.3) is 5.91 Å². The Labute approximate surface area is 167 Å². The van der Waals surface area contributed by atoms with Gasteiger partial charge in [0.15, 0.2) is 11.5 Å². The summed E-state index contributed by atoms with van der Waals surface area (Å²) < 4.78 is 12.3. The summed E-state index contributed by atoms with van der Waals surface area (Å²) in [7, 11) is 0. The van der Waals surface area contributed by atoms with Gasteiger partial charge in [-0.15, -0.1) is 0 Å². The van der Waals surface area contributed by atoms with E-state index in [4.69, 9.17) is 9.47 Å². The molecule has 26 heavy (non-hydrogen) atoms. The molecule has 1 saturated heterocycles. The van der Waals surface area contributed by atoms with Crippen molar-refractivity contribution in [2.45, 2.75) is 6.54 Å². The highest BCUT2D eigenvalue weighted by Crippen LogP contribution is 2.31. The van der Waals surface area contributed by atoms with E-state index in [-0.39, 0.29) is 5.91 Å². The molecule has 1 amide bonds. The summed E-state index contributed by atoms with van der Waals surface area (Å²) in [5.74, 6) is 1.79. The third kappa shape index (κ3) is 3.81. The Morgan fingerprint density at radius 2 is 1.69 bits per heavy atom. The van der Waals surface area contributed by atoms with Crippen molar-refractivity contribution in [1.82, 2.24) is 9.80 Å². The lowest BCUT2D eigenvalue weighted by Gasteiger charge is -2.35. The van der Waals surface area contributed by atoms with Gasteiger partial charge in [-0.05, 0) is 52.4 Å². The lowest BCUT2D eigenvalue weighted by atomic mass is 10.1. The normalized spacial score (nSPS) is 17.2. The van der Waals surface area contributed by atoms with Crippen molar-refractivity contribution in [3.63, 3.8) is 0 Å². The molecule has 2 heterocycles. The average molecular weight is 464 g/mol. The first kappa shape index (κ1) is 17.6. The molecule has 2 aliphatic heterocycles. The van der Waals surface area contributed by atoms with Crippen molar-refractivity contribution in [3.05, 3.63) is 57.2 Å². The second-order valence-electron chi connectivity index (χ2n) is 6.53. The van der Waals surface area contributed by atoms with Crippen LogP contribution in [0.15, 0.2) is 42.5 Å². The van der Waals surface area contributed by atoms with Gasteiger partial charge in [0, 0.05) is 36.3 Å². The number of rotatable bonds is 3. The Hall–Kier alpha value is -1.80. The Balaban J connectivity index is 1.35. The van der Waals surface area contributed by atoms with Gasteiger partial charge in [-0.3, -0.25) is 9.69 Å². The molecule has 0 aliphatic carbocycles. The number of fused-ring (bicyclic) bond motifs is 1. The van der Waals surface area contributed by atoms with E-state index >= 15 is 0 Å². The summed E-state index contributed by atoms with van der Waals surface area (Å²) in [6, 6.07) is 13.9. The van der Waals surface area contributed by atoms with E-state index in [1.165, 1.54) is 5.56 Å². The smallest absolute Gasteiger partial charge is 0.255 e. The third-order valence-electron chi connectivity index (χ3n) is 4.78. The van der Waals surface area contributed by atoms with Crippen molar-refractivity contribution < 1.29 is 14.3 Å². The van der Waals surface area contributed by atoms with Crippen molar-refractivity contribution in [2.24, 2.45) is 0 Å². The maximum atomic E-state index is 12.7. The van der Waals surface area contributed by atoms with E-state index in [9.17, 15) is 4.79 Å². The zero-order valence-electron chi connectivity index (χ0n) is 14.5. The molecule has 2 aromatic carbocycles. The van der Waals surface area contributed by atoms with Crippen LogP contribution in [0.1, 0.15) is 15.9 Å². The minimum Gasteiger partial charge on any atom is -0.486 e. The molecule has 0 aromatic heterocycles. The molecule has 1 fully saturated rings. The highest BCUT2D eigenvalue weighted by Gasteiger charge is 2.23. The Bertz CT molecular complexity index is 803. The highest BCUT2D eigenvalue weighted by molar-refractivity contribution is 14.1. The molecule has 6 heteroatoms. The number of hydrogen-bond acceptors (Lipinski definition) is 4. The van der Waals surface area contributed by atoms with E-state index in [1.54, 1.807) is 0 Å². The number of amides is 1. The Morgan fingerprint density at radius 3 is 2.46 bits per heavy atom. The third-order valence-corrected chi connectivity index (χ3v) is 5.72. The minimum absolute atomic E-state index is 0.133. The number of hydrogen-bond donors (Lipinski definition) is 0. The van der Waals surface area contributed by atoms with Gasteiger partial charge in [-0.2, -0.15) is 0 Å². The van der Waals surface area contributed by atoms with Gasteiger partial charge in [0.05, 0.1) is 5.56 Å². The topological polar surface area (TPSA) is 42.0 Å². The molecule has 2 aliphatic rings. The van der Waals surface area contributed by atoms with Gasteiger partial charge in [0.2, 0.25) is 0 Å². The molecular weight excluding hydrogens is 443 g/mol. The standard InChI is InChI=1S/C20H21IN2O3/c21-17-4-2-1-3-16(17)20(24)23-9-7-22(8-10-23)14-15-5-6-18-19(13-15)26-12-11-25-18/h1-6,13H,7-12,14H2. The molecular formula is C20H21IN2O3. The molecule has 136 valence electrons. The fourth-order valence-corrected chi connectivity index (χ4v) is 3.98.